The number of rotatable bonds is 4. The minimum absolute atomic E-state index is 0.182. The van der Waals surface area contributed by atoms with Crippen LogP contribution in [0.4, 0.5) is 13.2 Å². The number of halogens is 3. The number of hydrogen-bond donors (Lipinski definition) is 0. The largest absolute Gasteiger partial charge is 0.573 e. The monoisotopic (exact) mass is 302 g/mol. The lowest BCUT2D eigenvalue weighted by atomic mass is 10.1. The van der Waals surface area contributed by atoms with Crippen molar-refractivity contribution >= 4 is 17.8 Å². The first-order chi connectivity index (χ1) is 9.46. The molecule has 1 aliphatic rings. The van der Waals surface area contributed by atoms with E-state index in [0.29, 0.717) is 5.92 Å². The molecule has 1 fully saturated rings. The van der Waals surface area contributed by atoms with Crippen molar-refractivity contribution in [2.45, 2.75) is 30.9 Å². The first kappa shape index (κ1) is 15.3. The number of benzene rings is 1. The number of hydrogen-bond acceptors (Lipinski definition) is 2. The minimum Gasteiger partial charge on any atom is -0.406 e. The average molecular weight is 302 g/mol. The quantitative estimate of drug-likeness (QED) is 0.762. The standard InChI is InChI=1S/C15H17F3OS/c1-20-14-9-6-12(10-14)3-2-11-4-7-13(8-5-11)19-15(16,17)18/h2-5,7-8,12,14H,6,9-10H2,1H3/b3-2+. The fraction of sp³-hybridized carbons (Fsp3) is 0.467. The number of alkyl halides is 3. The van der Waals surface area contributed by atoms with Gasteiger partial charge in [-0.1, -0.05) is 24.3 Å². The van der Waals surface area contributed by atoms with Crippen LogP contribution in [0, 0.1) is 5.92 Å². The number of ether oxygens (including phenoxy) is 1. The van der Waals surface area contributed by atoms with Gasteiger partial charge in [-0.3, -0.25) is 0 Å². The van der Waals surface area contributed by atoms with Crippen LogP contribution < -0.4 is 4.74 Å². The van der Waals surface area contributed by atoms with Crippen LogP contribution in [-0.4, -0.2) is 17.9 Å². The van der Waals surface area contributed by atoms with Crippen molar-refractivity contribution in [3.8, 4) is 5.75 Å². The Morgan fingerprint density at radius 1 is 1.20 bits per heavy atom. The lowest BCUT2D eigenvalue weighted by molar-refractivity contribution is -0.274. The van der Waals surface area contributed by atoms with Crippen LogP contribution in [0.5, 0.6) is 5.75 Å². The van der Waals surface area contributed by atoms with Crippen molar-refractivity contribution in [2.75, 3.05) is 6.26 Å². The second-order valence-electron chi connectivity index (χ2n) is 4.91. The molecular formula is C15H17F3OS. The van der Waals surface area contributed by atoms with E-state index in [1.165, 1.54) is 31.4 Å². The number of thioether (sulfide) groups is 1. The van der Waals surface area contributed by atoms with E-state index in [-0.39, 0.29) is 5.75 Å². The Kier molecular flexibility index (Phi) is 5.02. The Hall–Kier alpha value is -1.10. The topological polar surface area (TPSA) is 9.23 Å². The maximum Gasteiger partial charge on any atom is 0.573 e. The van der Waals surface area contributed by atoms with Crippen molar-refractivity contribution in [1.29, 1.82) is 0 Å². The third-order valence-electron chi connectivity index (χ3n) is 3.43. The predicted octanol–water partition coefficient (Wildman–Crippen LogP) is 5.13. The van der Waals surface area contributed by atoms with Crippen molar-refractivity contribution in [3.05, 3.63) is 35.9 Å². The molecular weight excluding hydrogens is 285 g/mol. The molecule has 20 heavy (non-hydrogen) atoms. The van der Waals surface area contributed by atoms with Gasteiger partial charge in [-0.25, -0.2) is 0 Å². The molecule has 0 bridgehead atoms. The molecule has 1 aromatic rings. The Balaban J connectivity index is 1.90. The predicted molar refractivity (Wildman–Crippen MR) is 76.8 cm³/mol. The zero-order chi connectivity index (χ0) is 14.6. The van der Waals surface area contributed by atoms with Crippen LogP contribution in [0.2, 0.25) is 0 Å². The summed E-state index contributed by atoms with van der Waals surface area (Å²) in [5, 5.41) is 0.743. The lowest BCUT2D eigenvalue weighted by Crippen LogP contribution is -2.16. The van der Waals surface area contributed by atoms with E-state index < -0.39 is 6.36 Å². The number of allylic oxidation sites excluding steroid dienone is 1. The summed E-state index contributed by atoms with van der Waals surface area (Å²) in [5.74, 6) is 0.400. The molecule has 0 heterocycles. The summed E-state index contributed by atoms with van der Waals surface area (Å²) >= 11 is 1.91. The highest BCUT2D eigenvalue weighted by Crippen LogP contribution is 2.34. The Labute approximate surface area is 121 Å². The summed E-state index contributed by atoms with van der Waals surface area (Å²) in [7, 11) is 0. The van der Waals surface area contributed by atoms with Gasteiger partial charge in [0, 0.05) is 5.25 Å². The molecule has 0 aliphatic heterocycles. The van der Waals surface area contributed by atoms with Crippen molar-refractivity contribution < 1.29 is 17.9 Å². The zero-order valence-corrected chi connectivity index (χ0v) is 12.0. The molecule has 0 aromatic heterocycles. The molecule has 2 atom stereocenters. The van der Waals surface area contributed by atoms with E-state index in [0.717, 1.165) is 10.8 Å². The molecule has 5 heteroatoms. The fourth-order valence-corrected chi connectivity index (χ4v) is 3.20. The average Bonchev–Trinajstić information content (AvgIpc) is 2.84. The molecule has 1 nitrogen and oxygen atoms in total. The first-order valence-electron chi connectivity index (χ1n) is 6.53. The van der Waals surface area contributed by atoms with Crippen LogP contribution in [0.1, 0.15) is 24.8 Å². The smallest absolute Gasteiger partial charge is 0.406 e. The van der Waals surface area contributed by atoms with E-state index >= 15 is 0 Å². The molecule has 2 unspecified atom stereocenters. The van der Waals surface area contributed by atoms with Crippen LogP contribution in [0.25, 0.3) is 6.08 Å². The van der Waals surface area contributed by atoms with E-state index in [1.54, 1.807) is 12.1 Å². The van der Waals surface area contributed by atoms with Gasteiger partial charge >= 0.3 is 6.36 Å². The van der Waals surface area contributed by atoms with Crippen LogP contribution in [0.3, 0.4) is 0 Å². The molecule has 2 rings (SSSR count). The Bertz CT molecular complexity index is 453. The second-order valence-corrected chi connectivity index (χ2v) is 6.04. The summed E-state index contributed by atoms with van der Waals surface area (Å²) in [5.41, 5.74) is 0.895. The Morgan fingerprint density at radius 2 is 1.90 bits per heavy atom. The van der Waals surface area contributed by atoms with Crippen LogP contribution >= 0.6 is 11.8 Å². The van der Waals surface area contributed by atoms with Crippen molar-refractivity contribution in [3.63, 3.8) is 0 Å². The molecule has 0 amide bonds. The molecule has 0 N–H and O–H groups in total. The van der Waals surface area contributed by atoms with Gasteiger partial charge in [0.2, 0.25) is 0 Å². The van der Waals surface area contributed by atoms with Gasteiger partial charge < -0.3 is 4.74 Å². The van der Waals surface area contributed by atoms with E-state index in [2.05, 4.69) is 17.1 Å². The van der Waals surface area contributed by atoms with Crippen molar-refractivity contribution in [2.24, 2.45) is 5.92 Å². The zero-order valence-electron chi connectivity index (χ0n) is 11.2. The first-order valence-corrected chi connectivity index (χ1v) is 7.82. The third kappa shape index (κ3) is 4.78. The van der Waals surface area contributed by atoms with Gasteiger partial charge in [-0.15, -0.1) is 13.2 Å². The second kappa shape index (κ2) is 6.57. The molecule has 1 saturated carbocycles. The molecule has 1 aliphatic carbocycles. The van der Waals surface area contributed by atoms with Gasteiger partial charge in [-0.2, -0.15) is 11.8 Å². The molecule has 1 aromatic carbocycles. The third-order valence-corrected chi connectivity index (χ3v) is 4.53. The summed E-state index contributed by atoms with van der Waals surface area (Å²) in [6.07, 6.45) is 5.27. The summed E-state index contributed by atoms with van der Waals surface area (Å²) in [6, 6.07) is 5.95. The highest BCUT2D eigenvalue weighted by molar-refractivity contribution is 7.99. The van der Waals surface area contributed by atoms with Gasteiger partial charge in [0.15, 0.2) is 0 Å². The molecule has 0 radical (unpaired) electrons. The van der Waals surface area contributed by atoms with Gasteiger partial charge in [0.1, 0.15) is 5.75 Å². The summed E-state index contributed by atoms with van der Waals surface area (Å²) in [6.45, 7) is 0. The van der Waals surface area contributed by atoms with E-state index in [9.17, 15) is 13.2 Å². The van der Waals surface area contributed by atoms with Crippen LogP contribution in [0.15, 0.2) is 30.3 Å². The SMILES string of the molecule is CSC1CCC(/C=C/c2ccc(OC(F)(F)F)cc2)C1. The summed E-state index contributed by atoms with van der Waals surface area (Å²) in [4.78, 5) is 0. The van der Waals surface area contributed by atoms with E-state index in [4.69, 9.17) is 0 Å². The molecule has 110 valence electrons. The summed E-state index contributed by atoms with van der Waals surface area (Å²) < 4.78 is 39.9. The maximum absolute atomic E-state index is 12.0. The fourth-order valence-electron chi connectivity index (χ4n) is 2.39. The van der Waals surface area contributed by atoms with E-state index in [1.807, 2.05) is 17.8 Å². The highest BCUT2D eigenvalue weighted by atomic mass is 32.2. The van der Waals surface area contributed by atoms with Gasteiger partial charge in [0.25, 0.3) is 0 Å². The highest BCUT2D eigenvalue weighted by Gasteiger charge is 2.30. The minimum atomic E-state index is -4.63. The van der Waals surface area contributed by atoms with Gasteiger partial charge in [-0.05, 0) is 49.1 Å². The van der Waals surface area contributed by atoms with Crippen LogP contribution in [-0.2, 0) is 0 Å². The Morgan fingerprint density at radius 3 is 2.45 bits per heavy atom. The van der Waals surface area contributed by atoms with Crippen molar-refractivity contribution in [1.82, 2.24) is 0 Å². The molecule has 0 saturated heterocycles. The molecule has 0 spiro atoms. The lowest BCUT2D eigenvalue weighted by Gasteiger charge is -2.08. The van der Waals surface area contributed by atoms with Gasteiger partial charge in [0.05, 0.1) is 0 Å². The maximum atomic E-state index is 12.0. The normalized spacial score (nSPS) is 23.4.